The highest BCUT2D eigenvalue weighted by molar-refractivity contribution is 6.00. The first-order valence-corrected chi connectivity index (χ1v) is 11.0. The second-order valence-corrected chi connectivity index (χ2v) is 8.28. The Labute approximate surface area is 201 Å². The second-order valence-electron chi connectivity index (χ2n) is 8.28. The van der Waals surface area contributed by atoms with Gasteiger partial charge in [0.2, 0.25) is 0 Å². The maximum atomic E-state index is 13.6. The lowest BCUT2D eigenvalue weighted by Gasteiger charge is -2.30. The molecular formula is C26H25N3O6. The molecule has 9 nitrogen and oxygen atoms in total. The number of allylic oxidation sites excluding steroid dienone is 2. The lowest BCUT2D eigenvalue weighted by Crippen LogP contribution is -2.33. The van der Waals surface area contributed by atoms with Crippen molar-refractivity contribution in [2.24, 2.45) is 0 Å². The Morgan fingerprint density at radius 1 is 0.971 bits per heavy atom. The number of benzene rings is 2. The summed E-state index contributed by atoms with van der Waals surface area (Å²) in [5.74, 6) is -2.44. The molecule has 1 aromatic heterocycles. The largest absolute Gasteiger partial charge is 0.466 e. The van der Waals surface area contributed by atoms with Crippen LogP contribution in [0.25, 0.3) is 10.8 Å². The number of dihydropyridines is 1. The zero-order valence-corrected chi connectivity index (χ0v) is 19.8. The van der Waals surface area contributed by atoms with Crippen molar-refractivity contribution in [2.75, 3.05) is 7.11 Å². The number of carbonyl (C=O) groups is 2. The van der Waals surface area contributed by atoms with Gasteiger partial charge in [-0.05, 0) is 31.5 Å². The van der Waals surface area contributed by atoms with Gasteiger partial charge in [0, 0.05) is 35.4 Å². The topological polar surface area (TPSA) is 113 Å². The maximum absolute atomic E-state index is 13.6. The van der Waals surface area contributed by atoms with Gasteiger partial charge >= 0.3 is 11.9 Å². The summed E-state index contributed by atoms with van der Waals surface area (Å²) in [6.07, 6.45) is 3.07. The van der Waals surface area contributed by atoms with Gasteiger partial charge < -0.3 is 19.4 Å². The number of carbonyl (C=O) groups excluding carboxylic acids is 2. The van der Waals surface area contributed by atoms with E-state index in [1.54, 1.807) is 31.4 Å². The molecule has 2 aromatic carbocycles. The third kappa shape index (κ3) is 4.40. The third-order valence-electron chi connectivity index (χ3n) is 6.10. The fourth-order valence-electron chi connectivity index (χ4n) is 4.45. The number of esters is 2. The SMILES string of the molecule is COC(=O)C1=C(C)NC(C)=C(C(=O)OC(C)n2cc3ccccc3c2)C1c1ccccc1[N+](=O)[O-]. The molecule has 0 aliphatic carbocycles. The first-order valence-electron chi connectivity index (χ1n) is 11.0. The van der Waals surface area contributed by atoms with Gasteiger partial charge in [0.05, 0.1) is 29.1 Å². The lowest BCUT2D eigenvalue weighted by atomic mass is 9.79. The first-order chi connectivity index (χ1) is 16.7. The molecule has 0 saturated carbocycles. The normalized spacial score (nSPS) is 16.6. The number of nitrogens with one attached hydrogen (secondary N) is 1. The van der Waals surface area contributed by atoms with E-state index in [2.05, 4.69) is 5.32 Å². The van der Waals surface area contributed by atoms with E-state index in [9.17, 15) is 19.7 Å². The maximum Gasteiger partial charge on any atom is 0.338 e. The Morgan fingerprint density at radius 2 is 1.51 bits per heavy atom. The van der Waals surface area contributed by atoms with Crippen LogP contribution in [0.15, 0.2) is 83.5 Å². The Kier molecular flexibility index (Phi) is 6.42. The van der Waals surface area contributed by atoms with E-state index in [0.717, 1.165) is 10.8 Å². The van der Waals surface area contributed by atoms with Crippen molar-refractivity contribution in [3.05, 3.63) is 99.1 Å². The molecule has 2 unspecified atom stereocenters. The minimum atomic E-state index is -1.05. The van der Waals surface area contributed by atoms with Crippen LogP contribution in [0.2, 0.25) is 0 Å². The van der Waals surface area contributed by atoms with Gasteiger partial charge in [0.15, 0.2) is 6.23 Å². The number of para-hydroxylation sites is 1. The van der Waals surface area contributed by atoms with Crippen LogP contribution in [0.1, 0.15) is 38.5 Å². The molecule has 0 amide bonds. The van der Waals surface area contributed by atoms with Gasteiger partial charge in [-0.25, -0.2) is 9.59 Å². The number of methoxy groups -OCH3 is 1. The number of fused-ring (bicyclic) bond motifs is 1. The predicted molar refractivity (Wildman–Crippen MR) is 129 cm³/mol. The average Bonchev–Trinajstić information content (AvgIpc) is 3.27. The van der Waals surface area contributed by atoms with Crippen LogP contribution < -0.4 is 5.32 Å². The molecule has 1 aliphatic heterocycles. The summed E-state index contributed by atoms with van der Waals surface area (Å²) in [7, 11) is 1.22. The molecule has 180 valence electrons. The number of aromatic nitrogens is 1. The monoisotopic (exact) mass is 475 g/mol. The fourth-order valence-corrected chi connectivity index (χ4v) is 4.45. The van der Waals surface area contributed by atoms with E-state index in [4.69, 9.17) is 9.47 Å². The number of ether oxygens (including phenoxy) is 2. The van der Waals surface area contributed by atoms with Crippen LogP contribution in [0.4, 0.5) is 5.69 Å². The van der Waals surface area contributed by atoms with E-state index in [1.165, 1.54) is 25.3 Å². The van der Waals surface area contributed by atoms with Gasteiger partial charge in [-0.1, -0.05) is 42.5 Å². The summed E-state index contributed by atoms with van der Waals surface area (Å²) >= 11 is 0. The third-order valence-corrected chi connectivity index (χ3v) is 6.10. The molecule has 0 radical (unpaired) electrons. The molecule has 35 heavy (non-hydrogen) atoms. The van der Waals surface area contributed by atoms with Crippen molar-refractivity contribution in [3.63, 3.8) is 0 Å². The van der Waals surface area contributed by atoms with Gasteiger partial charge in [-0.3, -0.25) is 10.1 Å². The summed E-state index contributed by atoms with van der Waals surface area (Å²) in [6, 6.07) is 13.8. The molecule has 0 spiro atoms. The molecule has 1 N–H and O–H groups in total. The lowest BCUT2D eigenvalue weighted by molar-refractivity contribution is -0.385. The Bertz CT molecular complexity index is 1370. The van der Waals surface area contributed by atoms with Crippen LogP contribution in [-0.4, -0.2) is 28.5 Å². The van der Waals surface area contributed by atoms with Crippen LogP contribution in [0, 0.1) is 10.1 Å². The number of nitrogens with zero attached hydrogens (tertiary/aromatic N) is 2. The molecule has 0 saturated heterocycles. The summed E-state index contributed by atoms with van der Waals surface area (Å²) < 4.78 is 12.6. The molecule has 1 aliphatic rings. The van der Waals surface area contributed by atoms with Gasteiger partial charge in [-0.2, -0.15) is 0 Å². The van der Waals surface area contributed by atoms with Crippen molar-refractivity contribution < 1.29 is 24.0 Å². The number of hydrogen-bond donors (Lipinski definition) is 1. The molecule has 2 atom stereocenters. The fraction of sp³-hybridized carbons (Fsp3) is 0.231. The predicted octanol–water partition coefficient (Wildman–Crippen LogP) is 4.72. The van der Waals surface area contributed by atoms with Crippen LogP contribution >= 0.6 is 0 Å². The van der Waals surface area contributed by atoms with Crippen molar-refractivity contribution in [1.29, 1.82) is 0 Å². The molecule has 2 heterocycles. The van der Waals surface area contributed by atoms with Gasteiger partial charge in [0.1, 0.15) is 0 Å². The average molecular weight is 476 g/mol. The van der Waals surface area contributed by atoms with E-state index < -0.39 is 29.0 Å². The highest BCUT2D eigenvalue weighted by atomic mass is 16.6. The Hall–Kier alpha value is -4.40. The highest BCUT2D eigenvalue weighted by Crippen LogP contribution is 2.42. The van der Waals surface area contributed by atoms with E-state index in [0.29, 0.717) is 11.4 Å². The standard InChI is InChI=1S/C26H25N3O6/c1-15-22(25(30)34-4)24(20-11-7-8-12-21(20)29(32)33)23(16(2)27-15)26(31)35-17(3)28-13-18-9-5-6-10-19(18)14-28/h5-14,17,24,27H,1-4H3. The van der Waals surface area contributed by atoms with Crippen LogP contribution in [0.5, 0.6) is 0 Å². The van der Waals surface area contributed by atoms with E-state index in [1.807, 2.05) is 36.7 Å². The molecule has 3 aromatic rings. The summed E-state index contributed by atoms with van der Waals surface area (Å²) in [6.45, 7) is 5.06. The molecular weight excluding hydrogens is 450 g/mol. The summed E-state index contributed by atoms with van der Waals surface area (Å²) in [5.41, 5.74) is 1.08. The summed E-state index contributed by atoms with van der Waals surface area (Å²) in [4.78, 5) is 37.6. The zero-order chi connectivity index (χ0) is 25.3. The number of rotatable bonds is 6. The minimum absolute atomic E-state index is 0.105. The van der Waals surface area contributed by atoms with Gasteiger partial charge in [0.25, 0.3) is 5.69 Å². The quantitative estimate of drug-likeness (QED) is 0.312. The van der Waals surface area contributed by atoms with E-state index >= 15 is 0 Å². The molecule has 9 heteroatoms. The summed E-state index contributed by atoms with van der Waals surface area (Å²) in [5, 5.41) is 16.8. The molecule has 0 fully saturated rings. The van der Waals surface area contributed by atoms with Crippen molar-refractivity contribution in [2.45, 2.75) is 32.9 Å². The Balaban J connectivity index is 1.77. The number of hydrogen-bond acceptors (Lipinski definition) is 7. The van der Waals surface area contributed by atoms with Crippen LogP contribution in [-0.2, 0) is 19.1 Å². The number of nitro benzene ring substituents is 1. The highest BCUT2D eigenvalue weighted by Gasteiger charge is 2.41. The van der Waals surface area contributed by atoms with Gasteiger partial charge in [-0.15, -0.1) is 0 Å². The Morgan fingerprint density at radius 3 is 2.09 bits per heavy atom. The second kappa shape index (κ2) is 9.46. The van der Waals surface area contributed by atoms with Crippen LogP contribution in [0.3, 0.4) is 0 Å². The zero-order valence-electron chi connectivity index (χ0n) is 19.8. The first kappa shape index (κ1) is 23.7. The molecule has 4 rings (SSSR count). The smallest absolute Gasteiger partial charge is 0.338 e. The minimum Gasteiger partial charge on any atom is -0.466 e. The van der Waals surface area contributed by atoms with Crippen molar-refractivity contribution in [3.8, 4) is 0 Å². The van der Waals surface area contributed by atoms with Crippen molar-refractivity contribution in [1.82, 2.24) is 9.88 Å². The number of nitro groups is 1. The van der Waals surface area contributed by atoms with Crippen molar-refractivity contribution >= 4 is 28.4 Å². The molecule has 0 bridgehead atoms. The van der Waals surface area contributed by atoms with E-state index in [-0.39, 0.29) is 22.4 Å².